The Labute approximate surface area is 124 Å². The van der Waals surface area contributed by atoms with E-state index in [1.807, 2.05) is 45.0 Å². The van der Waals surface area contributed by atoms with Crippen LogP contribution in [0.2, 0.25) is 0 Å². The van der Waals surface area contributed by atoms with Crippen LogP contribution in [0.3, 0.4) is 0 Å². The molecule has 0 amide bonds. The number of hydrogen-bond acceptors (Lipinski definition) is 4. The Morgan fingerprint density at radius 3 is 2.67 bits per heavy atom. The summed E-state index contributed by atoms with van der Waals surface area (Å²) in [5.41, 5.74) is 1.72. The number of ether oxygens (including phenoxy) is 2. The normalized spacial score (nSPS) is 28.0. The molecule has 0 bridgehead atoms. The summed E-state index contributed by atoms with van der Waals surface area (Å²) in [6.07, 6.45) is 0.970. The Morgan fingerprint density at radius 2 is 1.95 bits per heavy atom. The molecule has 4 heteroatoms. The van der Waals surface area contributed by atoms with Crippen LogP contribution in [0.1, 0.15) is 44.4 Å². The lowest BCUT2D eigenvalue weighted by molar-refractivity contribution is -0.157. The van der Waals surface area contributed by atoms with Crippen LogP contribution >= 0.6 is 0 Å². The van der Waals surface area contributed by atoms with Gasteiger partial charge in [0.15, 0.2) is 0 Å². The summed E-state index contributed by atoms with van der Waals surface area (Å²) in [6, 6.07) is 7.87. The molecule has 3 atom stereocenters. The monoisotopic (exact) mass is 288 g/mol. The van der Waals surface area contributed by atoms with E-state index in [1.54, 1.807) is 0 Å². The molecule has 0 radical (unpaired) electrons. The van der Waals surface area contributed by atoms with Gasteiger partial charge in [-0.05, 0) is 37.8 Å². The van der Waals surface area contributed by atoms with Gasteiger partial charge < -0.3 is 9.47 Å². The topological polar surface area (TPSA) is 52.6 Å². The summed E-state index contributed by atoms with van der Waals surface area (Å²) in [6.45, 7) is 6.05. The van der Waals surface area contributed by atoms with Crippen molar-refractivity contribution in [2.45, 2.75) is 45.3 Å². The molecule has 1 aliphatic carbocycles. The predicted octanol–water partition coefficient (Wildman–Crippen LogP) is 2.80. The molecule has 1 aromatic carbocycles. The SMILES string of the molecule is CCC(C)(C)OC1c2ccccc2CC2C(=O)OC(=O)C21. The molecule has 1 fully saturated rings. The molecule has 112 valence electrons. The molecule has 1 saturated heterocycles. The number of carbonyl (C=O) groups is 2. The molecule has 2 aliphatic rings. The van der Waals surface area contributed by atoms with Crippen LogP contribution in [-0.2, 0) is 25.5 Å². The Hall–Kier alpha value is -1.68. The third-order valence-electron chi connectivity index (χ3n) is 4.63. The maximum absolute atomic E-state index is 12.1. The van der Waals surface area contributed by atoms with E-state index in [2.05, 4.69) is 0 Å². The van der Waals surface area contributed by atoms with Crippen molar-refractivity contribution in [1.82, 2.24) is 0 Å². The van der Waals surface area contributed by atoms with Gasteiger partial charge in [-0.25, -0.2) is 0 Å². The maximum Gasteiger partial charge on any atom is 0.320 e. The van der Waals surface area contributed by atoms with Gasteiger partial charge in [0, 0.05) is 0 Å². The maximum atomic E-state index is 12.1. The van der Waals surface area contributed by atoms with Gasteiger partial charge in [-0.2, -0.15) is 0 Å². The highest BCUT2D eigenvalue weighted by Gasteiger charge is 2.53. The Morgan fingerprint density at radius 1 is 1.24 bits per heavy atom. The molecule has 3 unspecified atom stereocenters. The largest absolute Gasteiger partial charge is 0.393 e. The number of carbonyl (C=O) groups excluding carboxylic acids is 2. The first-order valence-electron chi connectivity index (χ1n) is 7.44. The molecule has 1 heterocycles. The van der Waals surface area contributed by atoms with Gasteiger partial charge in [0.05, 0.1) is 17.6 Å². The van der Waals surface area contributed by atoms with E-state index in [4.69, 9.17) is 9.47 Å². The minimum atomic E-state index is -0.516. The van der Waals surface area contributed by atoms with Crippen molar-refractivity contribution < 1.29 is 19.1 Å². The van der Waals surface area contributed by atoms with Crippen molar-refractivity contribution in [2.75, 3.05) is 0 Å². The van der Waals surface area contributed by atoms with E-state index in [1.165, 1.54) is 0 Å². The number of esters is 2. The molecule has 0 N–H and O–H groups in total. The molecular formula is C17H20O4. The third-order valence-corrected chi connectivity index (χ3v) is 4.63. The van der Waals surface area contributed by atoms with Crippen molar-refractivity contribution in [3.8, 4) is 0 Å². The Bertz CT molecular complexity index is 590. The summed E-state index contributed by atoms with van der Waals surface area (Å²) < 4.78 is 11.1. The van der Waals surface area contributed by atoms with Crippen LogP contribution in [0, 0.1) is 11.8 Å². The molecule has 1 aliphatic heterocycles. The summed E-state index contributed by atoms with van der Waals surface area (Å²) in [7, 11) is 0. The average molecular weight is 288 g/mol. The average Bonchev–Trinajstić information content (AvgIpc) is 2.73. The van der Waals surface area contributed by atoms with Crippen molar-refractivity contribution >= 4 is 11.9 Å². The van der Waals surface area contributed by atoms with Crippen molar-refractivity contribution in [1.29, 1.82) is 0 Å². The van der Waals surface area contributed by atoms with Crippen LogP contribution in [-0.4, -0.2) is 17.5 Å². The standard InChI is InChI=1S/C17H20O4/c1-4-17(2,3)21-14-11-8-6-5-7-10(11)9-12-13(14)16(19)20-15(12)18/h5-8,12-14H,4,9H2,1-3H3. The highest BCUT2D eigenvalue weighted by atomic mass is 16.6. The predicted molar refractivity (Wildman–Crippen MR) is 76.4 cm³/mol. The van der Waals surface area contributed by atoms with Gasteiger partial charge in [0.1, 0.15) is 5.92 Å². The number of fused-ring (bicyclic) bond motifs is 2. The van der Waals surface area contributed by atoms with E-state index < -0.39 is 29.9 Å². The number of cyclic esters (lactones) is 2. The second-order valence-electron chi connectivity index (χ2n) is 6.43. The second kappa shape index (κ2) is 4.95. The first kappa shape index (κ1) is 14.3. The molecule has 3 rings (SSSR count). The second-order valence-corrected chi connectivity index (χ2v) is 6.43. The van der Waals surface area contributed by atoms with Crippen molar-refractivity contribution in [2.24, 2.45) is 11.8 Å². The summed E-state index contributed by atoms with van der Waals surface area (Å²) >= 11 is 0. The van der Waals surface area contributed by atoms with Gasteiger partial charge >= 0.3 is 11.9 Å². The minimum absolute atomic E-state index is 0.356. The van der Waals surface area contributed by atoms with Gasteiger partial charge in [-0.3, -0.25) is 9.59 Å². The van der Waals surface area contributed by atoms with E-state index in [-0.39, 0.29) is 5.60 Å². The summed E-state index contributed by atoms with van der Waals surface area (Å²) in [5, 5.41) is 0. The zero-order valence-corrected chi connectivity index (χ0v) is 12.6. The molecule has 0 saturated carbocycles. The number of rotatable bonds is 3. The molecular weight excluding hydrogens is 268 g/mol. The quantitative estimate of drug-likeness (QED) is 0.634. The van der Waals surface area contributed by atoms with Crippen LogP contribution < -0.4 is 0 Å². The van der Waals surface area contributed by atoms with E-state index >= 15 is 0 Å². The lowest BCUT2D eigenvalue weighted by Crippen LogP contribution is -2.37. The molecule has 21 heavy (non-hydrogen) atoms. The first-order chi connectivity index (χ1) is 9.93. The van der Waals surface area contributed by atoms with E-state index in [0.29, 0.717) is 6.42 Å². The van der Waals surface area contributed by atoms with E-state index in [9.17, 15) is 9.59 Å². The first-order valence-corrected chi connectivity index (χ1v) is 7.44. The van der Waals surface area contributed by atoms with Crippen molar-refractivity contribution in [3.05, 3.63) is 35.4 Å². The smallest absolute Gasteiger partial charge is 0.320 e. The highest BCUT2D eigenvalue weighted by molar-refractivity contribution is 5.97. The summed E-state index contributed by atoms with van der Waals surface area (Å²) in [4.78, 5) is 24.0. The van der Waals surface area contributed by atoms with Gasteiger partial charge in [0.25, 0.3) is 0 Å². The molecule has 0 aromatic heterocycles. The van der Waals surface area contributed by atoms with Gasteiger partial charge in [-0.15, -0.1) is 0 Å². The minimum Gasteiger partial charge on any atom is -0.393 e. The Balaban J connectivity index is 2.04. The zero-order valence-electron chi connectivity index (χ0n) is 12.6. The van der Waals surface area contributed by atoms with Crippen LogP contribution in [0.25, 0.3) is 0 Å². The zero-order chi connectivity index (χ0) is 15.2. The number of hydrogen-bond donors (Lipinski definition) is 0. The lowest BCUT2D eigenvalue weighted by atomic mass is 9.75. The van der Waals surface area contributed by atoms with Gasteiger partial charge in [0.2, 0.25) is 0 Å². The molecule has 4 nitrogen and oxygen atoms in total. The third kappa shape index (κ3) is 2.38. The van der Waals surface area contributed by atoms with Crippen LogP contribution in [0.4, 0.5) is 0 Å². The van der Waals surface area contributed by atoms with Gasteiger partial charge in [-0.1, -0.05) is 31.2 Å². The Kier molecular flexibility index (Phi) is 3.36. The summed E-state index contributed by atoms with van der Waals surface area (Å²) in [5.74, 6) is -1.79. The number of benzene rings is 1. The molecule has 0 spiro atoms. The fraction of sp³-hybridized carbons (Fsp3) is 0.529. The molecule has 1 aromatic rings. The lowest BCUT2D eigenvalue weighted by Gasteiger charge is -2.37. The fourth-order valence-electron chi connectivity index (χ4n) is 3.09. The van der Waals surface area contributed by atoms with E-state index in [0.717, 1.165) is 17.5 Å². The van der Waals surface area contributed by atoms with Crippen LogP contribution in [0.5, 0.6) is 0 Å². The highest BCUT2D eigenvalue weighted by Crippen LogP contribution is 2.46. The van der Waals surface area contributed by atoms with Crippen LogP contribution in [0.15, 0.2) is 24.3 Å². The van der Waals surface area contributed by atoms with Crippen molar-refractivity contribution in [3.63, 3.8) is 0 Å². The fourth-order valence-corrected chi connectivity index (χ4v) is 3.09.